The number of rotatable bonds is 7. The van der Waals surface area contributed by atoms with Crippen molar-refractivity contribution in [3.8, 4) is 9.75 Å². The standard InChI is InChI=1S/C24H22O4S2/c1-27-23(25,17-9-5-3-6-10-17)21-15-13-19(29-21)20-14-16-22(30-20)24(26,28-2)18-11-7-4-8-12-18/h3-16,25-26H,1-2H3. The van der Waals surface area contributed by atoms with E-state index in [4.69, 9.17) is 9.47 Å². The van der Waals surface area contributed by atoms with Gasteiger partial charge in [0.2, 0.25) is 11.6 Å². The van der Waals surface area contributed by atoms with E-state index in [0.29, 0.717) is 20.9 Å². The van der Waals surface area contributed by atoms with Gasteiger partial charge in [0.1, 0.15) is 0 Å². The highest BCUT2D eigenvalue weighted by Crippen LogP contribution is 2.43. The molecule has 0 radical (unpaired) electrons. The lowest BCUT2D eigenvalue weighted by Crippen LogP contribution is -2.28. The summed E-state index contributed by atoms with van der Waals surface area (Å²) in [5.74, 6) is -3.02. The molecule has 0 saturated carbocycles. The fourth-order valence-electron chi connectivity index (χ4n) is 3.35. The summed E-state index contributed by atoms with van der Waals surface area (Å²) in [7, 11) is 2.99. The van der Waals surface area contributed by atoms with E-state index in [9.17, 15) is 10.2 Å². The second-order valence-electron chi connectivity index (χ2n) is 6.76. The van der Waals surface area contributed by atoms with Crippen molar-refractivity contribution >= 4 is 22.7 Å². The number of hydrogen-bond acceptors (Lipinski definition) is 6. The van der Waals surface area contributed by atoms with Crippen LogP contribution in [0.25, 0.3) is 9.75 Å². The van der Waals surface area contributed by atoms with Crippen LogP contribution >= 0.6 is 22.7 Å². The van der Waals surface area contributed by atoms with Crippen LogP contribution in [0.3, 0.4) is 0 Å². The third kappa shape index (κ3) is 3.63. The highest BCUT2D eigenvalue weighted by Gasteiger charge is 2.35. The Bertz CT molecular complexity index is 1020. The maximum Gasteiger partial charge on any atom is 0.229 e. The van der Waals surface area contributed by atoms with Crippen LogP contribution in [-0.4, -0.2) is 24.4 Å². The van der Waals surface area contributed by atoms with Crippen LogP contribution in [0, 0.1) is 0 Å². The average Bonchev–Trinajstić information content (AvgIpc) is 3.49. The van der Waals surface area contributed by atoms with Crippen molar-refractivity contribution < 1.29 is 19.7 Å². The van der Waals surface area contributed by atoms with Gasteiger partial charge in [-0.3, -0.25) is 0 Å². The largest absolute Gasteiger partial charge is 0.358 e. The van der Waals surface area contributed by atoms with Crippen molar-refractivity contribution in [1.82, 2.24) is 0 Å². The lowest BCUT2D eigenvalue weighted by atomic mass is 10.0. The SMILES string of the molecule is COC(O)(c1ccccc1)c1ccc(-c2ccc(C(O)(OC)c3ccccc3)s2)s1. The van der Waals surface area contributed by atoms with Crippen LogP contribution < -0.4 is 0 Å². The number of ether oxygens (including phenoxy) is 2. The van der Waals surface area contributed by atoms with E-state index in [2.05, 4.69) is 0 Å². The molecule has 2 heterocycles. The van der Waals surface area contributed by atoms with Crippen molar-refractivity contribution in [3.63, 3.8) is 0 Å². The summed E-state index contributed by atoms with van der Waals surface area (Å²) in [5.41, 5.74) is 1.34. The molecule has 0 fully saturated rings. The quantitative estimate of drug-likeness (QED) is 0.392. The molecule has 154 valence electrons. The Morgan fingerprint density at radius 3 is 1.27 bits per heavy atom. The molecule has 0 aliphatic rings. The van der Waals surface area contributed by atoms with Gasteiger partial charge in [0.25, 0.3) is 0 Å². The predicted octanol–water partition coefficient (Wildman–Crippen LogP) is 5.16. The second-order valence-corrected chi connectivity index (χ2v) is 8.92. The summed E-state index contributed by atoms with van der Waals surface area (Å²) in [6.45, 7) is 0. The molecular formula is C24H22O4S2. The third-order valence-corrected chi connectivity index (χ3v) is 7.59. The first-order valence-corrected chi connectivity index (χ1v) is 11.0. The van der Waals surface area contributed by atoms with Crippen LogP contribution in [-0.2, 0) is 21.0 Å². The van der Waals surface area contributed by atoms with Gasteiger partial charge < -0.3 is 19.7 Å². The molecule has 2 unspecified atom stereocenters. The molecule has 0 saturated heterocycles. The molecule has 2 atom stereocenters. The molecule has 0 spiro atoms. The Morgan fingerprint density at radius 1 is 0.567 bits per heavy atom. The van der Waals surface area contributed by atoms with Crippen molar-refractivity contribution in [3.05, 3.63) is 106 Å². The third-order valence-electron chi connectivity index (χ3n) is 5.04. The van der Waals surface area contributed by atoms with Crippen molar-refractivity contribution in [2.75, 3.05) is 14.2 Å². The molecule has 0 aliphatic heterocycles. The molecule has 2 N–H and O–H groups in total. The van der Waals surface area contributed by atoms with Crippen LogP contribution in [0.5, 0.6) is 0 Å². The molecule has 4 aromatic rings. The van der Waals surface area contributed by atoms with E-state index >= 15 is 0 Å². The minimum absolute atomic E-state index is 0.672. The maximum atomic E-state index is 11.2. The van der Waals surface area contributed by atoms with Gasteiger partial charge in [-0.15, -0.1) is 22.7 Å². The summed E-state index contributed by atoms with van der Waals surface area (Å²) in [6.07, 6.45) is 0. The summed E-state index contributed by atoms with van der Waals surface area (Å²) in [4.78, 5) is 3.32. The van der Waals surface area contributed by atoms with Gasteiger partial charge in [0.15, 0.2) is 0 Å². The molecule has 0 aliphatic carbocycles. The van der Waals surface area contributed by atoms with E-state index in [0.717, 1.165) is 9.75 Å². The lowest BCUT2D eigenvalue weighted by molar-refractivity contribution is -0.157. The topological polar surface area (TPSA) is 58.9 Å². The van der Waals surface area contributed by atoms with E-state index in [1.165, 1.54) is 36.9 Å². The minimum Gasteiger partial charge on any atom is -0.358 e. The van der Waals surface area contributed by atoms with E-state index in [1.54, 1.807) is 0 Å². The van der Waals surface area contributed by atoms with Crippen molar-refractivity contribution in [2.24, 2.45) is 0 Å². The Balaban J connectivity index is 1.68. The Kier molecular flexibility index (Phi) is 5.88. The normalized spacial score (nSPS) is 15.5. The van der Waals surface area contributed by atoms with Gasteiger partial charge >= 0.3 is 0 Å². The number of methoxy groups -OCH3 is 2. The second kappa shape index (κ2) is 8.43. The van der Waals surface area contributed by atoms with Crippen LogP contribution in [0.1, 0.15) is 20.9 Å². The Morgan fingerprint density at radius 2 is 0.933 bits per heavy atom. The van der Waals surface area contributed by atoms with Gasteiger partial charge in [-0.25, -0.2) is 0 Å². The molecule has 0 amide bonds. The van der Waals surface area contributed by atoms with E-state index in [-0.39, 0.29) is 0 Å². The number of hydrogen-bond donors (Lipinski definition) is 2. The first kappa shape index (κ1) is 20.9. The molecule has 30 heavy (non-hydrogen) atoms. The van der Waals surface area contributed by atoms with Gasteiger partial charge in [-0.05, 0) is 24.3 Å². The summed E-state index contributed by atoms with van der Waals surface area (Å²) in [5, 5.41) is 22.4. The first-order chi connectivity index (χ1) is 14.5. The zero-order chi connectivity index (χ0) is 21.2. The zero-order valence-corrected chi connectivity index (χ0v) is 18.2. The smallest absolute Gasteiger partial charge is 0.229 e. The summed E-state index contributed by atoms with van der Waals surface area (Å²) < 4.78 is 11.0. The summed E-state index contributed by atoms with van der Waals surface area (Å²) >= 11 is 2.91. The maximum absolute atomic E-state index is 11.2. The lowest BCUT2D eigenvalue weighted by Gasteiger charge is -2.25. The highest BCUT2D eigenvalue weighted by molar-refractivity contribution is 7.22. The van der Waals surface area contributed by atoms with Crippen molar-refractivity contribution in [1.29, 1.82) is 0 Å². The van der Waals surface area contributed by atoms with Crippen LogP contribution in [0.2, 0.25) is 0 Å². The molecular weight excluding hydrogens is 416 g/mol. The van der Waals surface area contributed by atoms with Gasteiger partial charge in [-0.1, -0.05) is 60.7 Å². The molecule has 4 rings (SSSR count). The number of thiophene rings is 2. The van der Waals surface area contributed by atoms with Gasteiger partial charge in [0.05, 0.1) is 9.75 Å². The number of aliphatic hydroxyl groups is 2. The van der Waals surface area contributed by atoms with Gasteiger partial charge in [0, 0.05) is 35.1 Å². The average molecular weight is 439 g/mol. The molecule has 6 heteroatoms. The Labute approximate surface area is 183 Å². The molecule has 2 aromatic carbocycles. The van der Waals surface area contributed by atoms with E-state index in [1.807, 2.05) is 84.9 Å². The fourth-order valence-corrected chi connectivity index (χ4v) is 5.64. The predicted molar refractivity (Wildman–Crippen MR) is 121 cm³/mol. The molecule has 0 bridgehead atoms. The zero-order valence-electron chi connectivity index (χ0n) is 16.6. The van der Waals surface area contributed by atoms with E-state index < -0.39 is 11.6 Å². The first-order valence-electron chi connectivity index (χ1n) is 9.38. The van der Waals surface area contributed by atoms with Gasteiger partial charge in [-0.2, -0.15) is 0 Å². The minimum atomic E-state index is -1.51. The van der Waals surface area contributed by atoms with Crippen LogP contribution in [0.4, 0.5) is 0 Å². The molecule has 2 aromatic heterocycles. The monoisotopic (exact) mass is 438 g/mol. The summed E-state index contributed by atoms with van der Waals surface area (Å²) in [6, 6.07) is 26.3. The highest BCUT2D eigenvalue weighted by atomic mass is 32.1. The fraction of sp³-hybridized carbons (Fsp3) is 0.167. The molecule has 4 nitrogen and oxygen atoms in total. The van der Waals surface area contributed by atoms with Crippen LogP contribution in [0.15, 0.2) is 84.9 Å². The van der Waals surface area contributed by atoms with Crippen molar-refractivity contribution in [2.45, 2.75) is 11.6 Å². The number of benzene rings is 2. The Hall–Kier alpha value is -2.32.